The second kappa shape index (κ2) is 7.02. The zero-order chi connectivity index (χ0) is 19.0. The topological polar surface area (TPSA) is 108 Å². The third kappa shape index (κ3) is 3.73. The molecule has 1 aromatic heterocycles. The molecule has 2 aromatic rings. The van der Waals surface area contributed by atoms with Crippen LogP contribution in [0.5, 0.6) is 0 Å². The van der Waals surface area contributed by atoms with E-state index in [-0.39, 0.29) is 23.2 Å². The largest absolute Gasteiger partial charge is 0.372 e. The van der Waals surface area contributed by atoms with Crippen LogP contribution in [0.3, 0.4) is 0 Å². The van der Waals surface area contributed by atoms with Crippen molar-refractivity contribution in [2.75, 3.05) is 19.7 Å². The van der Waals surface area contributed by atoms with Gasteiger partial charge < -0.3 is 4.74 Å². The molecule has 9 nitrogen and oxygen atoms in total. The number of aromatic nitrogens is 2. The van der Waals surface area contributed by atoms with E-state index in [1.54, 1.807) is 6.20 Å². The molecule has 1 aliphatic carbocycles. The smallest absolute Gasteiger partial charge is 0.269 e. The lowest BCUT2D eigenvalue weighted by atomic mass is 10.2. The molecule has 2 heterocycles. The zero-order valence-electron chi connectivity index (χ0n) is 14.6. The lowest BCUT2D eigenvalue weighted by Crippen LogP contribution is -2.34. The first-order valence-electron chi connectivity index (χ1n) is 8.85. The minimum Gasteiger partial charge on any atom is -0.372 e. The predicted molar refractivity (Wildman–Crippen MR) is 95.7 cm³/mol. The normalized spacial score (nSPS) is 21.7. The molecule has 1 aromatic carbocycles. The van der Waals surface area contributed by atoms with E-state index in [2.05, 4.69) is 5.10 Å². The van der Waals surface area contributed by atoms with Gasteiger partial charge in [0.2, 0.25) is 10.0 Å². The molecular formula is C17H20N4O5S. The fraction of sp³-hybridized carbons (Fsp3) is 0.471. The summed E-state index contributed by atoms with van der Waals surface area (Å²) < 4.78 is 35.2. The van der Waals surface area contributed by atoms with Gasteiger partial charge in [-0.1, -0.05) is 0 Å². The molecule has 0 amide bonds. The van der Waals surface area contributed by atoms with E-state index in [1.807, 2.05) is 10.9 Å². The molecule has 4 rings (SSSR count). The first-order valence-corrected chi connectivity index (χ1v) is 10.3. The number of rotatable bonds is 5. The number of nitrogens with zero attached hydrogens (tertiary/aromatic N) is 4. The summed E-state index contributed by atoms with van der Waals surface area (Å²) in [6.45, 7) is 0.994. The molecule has 144 valence electrons. The summed E-state index contributed by atoms with van der Waals surface area (Å²) in [5, 5.41) is 15.1. The van der Waals surface area contributed by atoms with Crippen molar-refractivity contribution in [1.82, 2.24) is 14.1 Å². The minimum absolute atomic E-state index is 0.0439. The number of nitro groups is 1. The van der Waals surface area contributed by atoms with Crippen LogP contribution < -0.4 is 0 Å². The van der Waals surface area contributed by atoms with E-state index in [0.29, 0.717) is 25.6 Å². The highest BCUT2D eigenvalue weighted by molar-refractivity contribution is 7.89. The summed E-state index contributed by atoms with van der Waals surface area (Å²) in [5.41, 5.74) is 0.728. The van der Waals surface area contributed by atoms with Gasteiger partial charge in [-0.15, -0.1) is 0 Å². The Kier molecular flexibility index (Phi) is 4.70. The minimum atomic E-state index is -3.76. The molecule has 0 spiro atoms. The first-order chi connectivity index (χ1) is 12.9. The molecule has 0 N–H and O–H groups in total. The Balaban J connectivity index is 1.56. The third-order valence-electron chi connectivity index (χ3n) is 4.84. The van der Waals surface area contributed by atoms with E-state index in [1.165, 1.54) is 28.6 Å². The number of non-ortho nitro benzene ring substituents is 1. The van der Waals surface area contributed by atoms with Crippen molar-refractivity contribution in [3.63, 3.8) is 0 Å². The predicted octanol–water partition coefficient (Wildman–Crippen LogP) is 2.28. The summed E-state index contributed by atoms with van der Waals surface area (Å²) >= 11 is 0. The Morgan fingerprint density at radius 2 is 1.96 bits per heavy atom. The van der Waals surface area contributed by atoms with Crippen molar-refractivity contribution in [2.24, 2.45) is 0 Å². The highest BCUT2D eigenvalue weighted by Gasteiger charge is 2.32. The van der Waals surface area contributed by atoms with Crippen molar-refractivity contribution in [2.45, 2.75) is 36.3 Å². The molecule has 10 heteroatoms. The van der Waals surface area contributed by atoms with Gasteiger partial charge in [-0.05, 0) is 31.4 Å². The maximum atomic E-state index is 13.0. The second-order valence-electron chi connectivity index (χ2n) is 6.81. The summed E-state index contributed by atoms with van der Waals surface area (Å²) in [6.07, 6.45) is 6.11. The van der Waals surface area contributed by atoms with E-state index >= 15 is 0 Å². The molecule has 2 aliphatic rings. The van der Waals surface area contributed by atoms with E-state index in [9.17, 15) is 18.5 Å². The van der Waals surface area contributed by atoms with Gasteiger partial charge in [-0.25, -0.2) is 8.42 Å². The average molecular weight is 392 g/mol. The van der Waals surface area contributed by atoms with Gasteiger partial charge in [-0.3, -0.25) is 14.8 Å². The number of nitro benzene ring substituents is 1. The van der Waals surface area contributed by atoms with Crippen LogP contribution in [0.2, 0.25) is 0 Å². The summed E-state index contributed by atoms with van der Waals surface area (Å²) in [5.74, 6) is 0. The maximum Gasteiger partial charge on any atom is 0.269 e. The Labute approximate surface area is 156 Å². The van der Waals surface area contributed by atoms with Crippen molar-refractivity contribution in [3.8, 4) is 0 Å². The second-order valence-corrected chi connectivity index (χ2v) is 8.75. The molecule has 1 saturated carbocycles. The van der Waals surface area contributed by atoms with Crippen molar-refractivity contribution in [3.05, 3.63) is 52.3 Å². The van der Waals surface area contributed by atoms with Crippen LogP contribution in [-0.2, 0) is 14.8 Å². The fourth-order valence-electron chi connectivity index (χ4n) is 3.16. The summed E-state index contributed by atoms with van der Waals surface area (Å²) in [6, 6.07) is 5.42. The van der Waals surface area contributed by atoms with Gasteiger partial charge in [0.25, 0.3) is 5.69 Å². The lowest BCUT2D eigenvalue weighted by Gasteiger charge is -2.23. The number of hydrogen-bond donors (Lipinski definition) is 0. The van der Waals surface area contributed by atoms with Gasteiger partial charge in [-0.2, -0.15) is 9.40 Å². The van der Waals surface area contributed by atoms with Crippen LogP contribution in [0.25, 0.3) is 0 Å². The van der Waals surface area contributed by atoms with Crippen LogP contribution in [0.15, 0.2) is 41.6 Å². The number of sulfonamides is 1. The zero-order valence-corrected chi connectivity index (χ0v) is 15.4. The Bertz CT molecular complexity index is 936. The lowest BCUT2D eigenvalue weighted by molar-refractivity contribution is -0.384. The van der Waals surface area contributed by atoms with Crippen molar-refractivity contribution in [1.29, 1.82) is 0 Å². The standard InChI is InChI=1S/C17H20N4O5S/c22-21(23)15-4-6-16(7-5-15)27(24,25)19-8-1-9-26-17(12-19)13-10-18-20(11-13)14-2-3-14/h4-7,10-11,14,17H,1-3,8-9,12H2. The summed E-state index contributed by atoms with van der Waals surface area (Å²) in [4.78, 5) is 10.3. The molecule has 2 fully saturated rings. The average Bonchev–Trinajstić information content (AvgIpc) is 3.44. The van der Waals surface area contributed by atoms with Crippen LogP contribution >= 0.6 is 0 Å². The number of ether oxygens (including phenoxy) is 1. The van der Waals surface area contributed by atoms with E-state index in [0.717, 1.165) is 18.4 Å². The van der Waals surface area contributed by atoms with Crippen LogP contribution in [0.1, 0.15) is 37.0 Å². The molecule has 1 aliphatic heterocycles. The van der Waals surface area contributed by atoms with Crippen molar-refractivity contribution >= 4 is 15.7 Å². The Morgan fingerprint density at radius 3 is 2.63 bits per heavy atom. The quantitative estimate of drug-likeness (QED) is 0.571. The monoisotopic (exact) mass is 392 g/mol. The van der Waals surface area contributed by atoms with Crippen LogP contribution in [0.4, 0.5) is 5.69 Å². The molecule has 27 heavy (non-hydrogen) atoms. The number of benzene rings is 1. The molecule has 1 unspecified atom stereocenters. The molecule has 0 bridgehead atoms. The van der Waals surface area contributed by atoms with E-state index < -0.39 is 14.9 Å². The Hall–Kier alpha value is -2.30. The number of hydrogen-bond acceptors (Lipinski definition) is 6. The SMILES string of the molecule is O=[N+]([O-])c1ccc(S(=O)(=O)N2CCCOC(c3cnn(C4CC4)c3)C2)cc1. The highest BCUT2D eigenvalue weighted by atomic mass is 32.2. The summed E-state index contributed by atoms with van der Waals surface area (Å²) in [7, 11) is -3.76. The van der Waals surface area contributed by atoms with Gasteiger partial charge in [0, 0.05) is 43.6 Å². The van der Waals surface area contributed by atoms with Gasteiger partial charge in [0.1, 0.15) is 0 Å². The third-order valence-corrected chi connectivity index (χ3v) is 6.72. The van der Waals surface area contributed by atoms with Gasteiger partial charge in [0.05, 0.1) is 28.2 Å². The van der Waals surface area contributed by atoms with Gasteiger partial charge >= 0.3 is 0 Å². The molecule has 1 atom stereocenters. The molecular weight excluding hydrogens is 372 g/mol. The maximum absolute atomic E-state index is 13.0. The van der Waals surface area contributed by atoms with Gasteiger partial charge in [0.15, 0.2) is 0 Å². The van der Waals surface area contributed by atoms with Crippen LogP contribution in [-0.4, -0.2) is 47.1 Å². The molecule has 0 radical (unpaired) electrons. The van der Waals surface area contributed by atoms with Crippen LogP contribution in [0, 0.1) is 10.1 Å². The Morgan fingerprint density at radius 1 is 1.22 bits per heavy atom. The highest BCUT2D eigenvalue weighted by Crippen LogP contribution is 2.35. The van der Waals surface area contributed by atoms with E-state index in [4.69, 9.17) is 4.74 Å². The van der Waals surface area contributed by atoms with Crippen molar-refractivity contribution < 1.29 is 18.1 Å². The first kappa shape index (κ1) is 18.1. The molecule has 1 saturated heterocycles. The fourth-order valence-corrected chi connectivity index (χ4v) is 4.64.